The number of methoxy groups -OCH3 is 1. The van der Waals surface area contributed by atoms with E-state index in [2.05, 4.69) is 4.98 Å². The highest BCUT2D eigenvalue weighted by Crippen LogP contribution is 2.43. The average molecular weight is 285 g/mol. The van der Waals surface area contributed by atoms with Crippen molar-refractivity contribution in [3.05, 3.63) is 35.2 Å². The fourth-order valence-corrected chi connectivity index (χ4v) is 2.64. The van der Waals surface area contributed by atoms with Crippen molar-refractivity contribution in [1.29, 1.82) is 0 Å². The van der Waals surface area contributed by atoms with Crippen LogP contribution in [0.1, 0.15) is 40.6 Å². The molecular weight excluding hydrogens is 270 g/mol. The summed E-state index contributed by atoms with van der Waals surface area (Å²) in [5.41, 5.74) is 2.33. The van der Waals surface area contributed by atoms with Crippen molar-refractivity contribution >= 4 is 5.97 Å². The SMILES string of the molecule is COC(=O)c1nc(-c2ccc3c(c2)CCO3)oc1C1CC1. The third kappa shape index (κ3) is 2.09. The molecule has 2 aromatic rings. The van der Waals surface area contributed by atoms with E-state index in [-0.39, 0.29) is 0 Å². The maximum atomic E-state index is 11.8. The highest BCUT2D eigenvalue weighted by Gasteiger charge is 2.34. The van der Waals surface area contributed by atoms with Crippen LogP contribution in [0.3, 0.4) is 0 Å². The topological polar surface area (TPSA) is 61.6 Å². The van der Waals surface area contributed by atoms with Crippen LogP contribution in [0.2, 0.25) is 0 Å². The van der Waals surface area contributed by atoms with Gasteiger partial charge in [0.25, 0.3) is 0 Å². The zero-order chi connectivity index (χ0) is 14.4. The normalized spacial score (nSPS) is 16.4. The zero-order valence-electron chi connectivity index (χ0n) is 11.7. The number of ether oxygens (including phenoxy) is 2. The minimum Gasteiger partial charge on any atom is -0.493 e. The van der Waals surface area contributed by atoms with Gasteiger partial charge in [-0.15, -0.1) is 0 Å². The van der Waals surface area contributed by atoms with Crippen LogP contribution in [0.25, 0.3) is 11.5 Å². The molecule has 0 radical (unpaired) electrons. The minimum atomic E-state index is -0.434. The number of nitrogens with zero attached hydrogens (tertiary/aromatic N) is 1. The van der Waals surface area contributed by atoms with Gasteiger partial charge in [-0.3, -0.25) is 0 Å². The Morgan fingerprint density at radius 2 is 2.24 bits per heavy atom. The van der Waals surface area contributed by atoms with Crippen LogP contribution in [-0.4, -0.2) is 24.7 Å². The number of hydrogen-bond acceptors (Lipinski definition) is 5. The first-order valence-corrected chi connectivity index (χ1v) is 7.11. The predicted octanol–water partition coefficient (Wildman–Crippen LogP) is 2.94. The standard InChI is InChI=1S/C16H15NO4/c1-19-16(18)13-14(9-2-3-9)21-15(17-13)11-4-5-12-10(8-11)6-7-20-12/h4-5,8-9H,2-3,6-7H2,1H3. The molecule has 1 aromatic heterocycles. The Hall–Kier alpha value is -2.30. The van der Waals surface area contributed by atoms with Crippen LogP contribution in [0.4, 0.5) is 0 Å². The van der Waals surface area contributed by atoms with E-state index in [1.165, 1.54) is 7.11 Å². The first-order chi connectivity index (χ1) is 10.3. The van der Waals surface area contributed by atoms with Crippen molar-refractivity contribution in [1.82, 2.24) is 4.98 Å². The van der Waals surface area contributed by atoms with E-state index < -0.39 is 5.97 Å². The Morgan fingerprint density at radius 1 is 1.38 bits per heavy atom. The zero-order valence-corrected chi connectivity index (χ0v) is 11.7. The number of rotatable bonds is 3. The number of aromatic nitrogens is 1. The molecule has 1 saturated carbocycles. The smallest absolute Gasteiger partial charge is 0.360 e. The first-order valence-electron chi connectivity index (χ1n) is 7.11. The van der Waals surface area contributed by atoms with Gasteiger partial charge in [0.1, 0.15) is 11.5 Å². The molecule has 2 aliphatic rings. The molecule has 21 heavy (non-hydrogen) atoms. The summed E-state index contributed by atoms with van der Waals surface area (Å²) in [6, 6.07) is 5.86. The van der Waals surface area contributed by atoms with Crippen molar-refractivity contribution in [2.45, 2.75) is 25.2 Å². The third-order valence-corrected chi connectivity index (χ3v) is 3.92. The molecule has 0 spiro atoms. The Balaban J connectivity index is 1.76. The van der Waals surface area contributed by atoms with Gasteiger partial charge in [0, 0.05) is 17.9 Å². The summed E-state index contributed by atoms with van der Waals surface area (Å²) >= 11 is 0. The lowest BCUT2D eigenvalue weighted by atomic mass is 10.1. The molecule has 1 aliphatic heterocycles. The second kappa shape index (κ2) is 4.62. The molecule has 1 fully saturated rings. The Kier molecular flexibility index (Phi) is 2.74. The van der Waals surface area contributed by atoms with E-state index in [1.54, 1.807) is 0 Å². The van der Waals surface area contributed by atoms with Gasteiger partial charge in [0.15, 0.2) is 5.69 Å². The second-order valence-electron chi connectivity index (χ2n) is 5.42. The largest absolute Gasteiger partial charge is 0.493 e. The summed E-state index contributed by atoms with van der Waals surface area (Å²) in [5.74, 6) is 1.93. The fraction of sp³-hybridized carbons (Fsp3) is 0.375. The van der Waals surface area contributed by atoms with Crippen LogP contribution < -0.4 is 4.74 Å². The minimum absolute atomic E-state index is 0.304. The summed E-state index contributed by atoms with van der Waals surface area (Å²) in [7, 11) is 1.36. The molecule has 5 nitrogen and oxygen atoms in total. The molecular formula is C16H15NO4. The lowest BCUT2D eigenvalue weighted by Crippen LogP contribution is -2.04. The van der Waals surface area contributed by atoms with E-state index in [1.807, 2.05) is 18.2 Å². The van der Waals surface area contributed by atoms with E-state index in [4.69, 9.17) is 13.9 Å². The van der Waals surface area contributed by atoms with Crippen LogP contribution in [0, 0.1) is 0 Å². The molecule has 2 heterocycles. The maximum Gasteiger partial charge on any atom is 0.360 e. The molecule has 108 valence electrons. The Labute approximate surface area is 121 Å². The molecule has 0 atom stereocenters. The molecule has 0 unspecified atom stereocenters. The summed E-state index contributed by atoms with van der Waals surface area (Å²) < 4.78 is 16.1. The molecule has 5 heteroatoms. The second-order valence-corrected chi connectivity index (χ2v) is 5.42. The lowest BCUT2D eigenvalue weighted by molar-refractivity contribution is 0.0592. The van der Waals surface area contributed by atoms with Crippen molar-refractivity contribution in [3.8, 4) is 17.2 Å². The number of esters is 1. The molecule has 4 rings (SSSR count). The number of carbonyl (C=O) groups is 1. The number of oxazole rings is 1. The summed E-state index contributed by atoms with van der Waals surface area (Å²) in [4.78, 5) is 16.2. The molecule has 0 amide bonds. The van der Waals surface area contributed by atoms with Crippen LogP contribution in [0.5, 0.6) is 5.75 Å². The number of hydrogen-bond donors (Lipinski definition) is 0. The highest BCUT2D eigenvalue weighted by atomic mass is 16.5. The van der Waals surface area contributed by atoms with E-state index in [9.17, 15) is 4.79 Å². The Bertz CT molecular complexity index is 715. The lowest BCUT2D eigenvalue weighted by Gasteiger charge is -2.00. The number of carbonyl (C=O) groups excluding carboxylic acids is 1. The highest BCUT2D eigenvalue weighted by molar-refractivity contribution is 5.89. The van der Waals surface area contributed by atoms with Gasteiger partial charge in [-0.05, 0) is 36.6 Å². The van der Waals surface area contributed by atoms with Gasteiger partial charge >= 0.3 is 5.97 Å². The molecule has 0 saturated heterocycles. The van der Waals surface area contributed by atoms with Crippen molar-refractivity contribution in [3.63, 3.8) is 0 Å². The monoisotopic (exact) mass is 285 g/mol. The summed E-state index contributed by atoms with van der Waals surface area (Å²) in [5, 5.41) is 0. The van der Waals surface area contributed by atoms with E-state index in [0.29, 0.717) is 29.9 Å². The van der Waals surface area contributed by atoms with Gasteiger partial charge in [-0.2, -0.15) is 0 Å². The van der Waals surface area contributed by atoms with Crippen molar-refractivity contribution in [2.75, 3.05) is 13.7 Å². The predicted molar refractivity (Wildman–Crippen MR) is 74.5 cm³/mol. The van der Waals surface area contributed by atoms with Crippen LogP contribution in [-0.2, 0) is 11.2 Å². The number of benzene rings is 1. The van der Waals surface area contributed by atoms with Gasteiger partial charge in [0.2, 0.25) is 5.89 Å². The molecule has 0 bridgehead atoms. The van der Waals surface area contributed by atoms with E-state index >= 15 is 0 Å². The average Bonchev–Trinajstić information content (AvgIpc) is 3.09. The van der Waals surface area contributed by atoms with Gasteiger partial charge in [-0.1, -0.05) is 0 Å². The van der Waals surface area contributed by atoms with Crippen molar-refractivity contribution < 1.29 is 18.7 Å². The number of fused-ring (bicyclic) bond motifs is 1. The van der Waals surface area contributed by atoms with Gasteiger partial charge < -0.3 is 13.9 Å². The fourth-order valence-electron chi connectivity index (χ4n) is 2.64. The molecule has 1 aromatic carbocycles. The molecule has 1 aliphatic carbocycles. The Morgan fingerprint density at radius 3 is 3.00 bits per heavy atom. The van der Waals surface area contributed by atoms with E-state index in [0.717, 1.165) is 36.1 Å². The quantitative estimate of drug-likeness (QED) is 0.811. The van der Waals surface area contributed by atoms with Gasteiger partial charge in [0.05, 0.1) is 13.7 Å². The first kappa shape index (κ1) is 12.4. The summed E-state index contributed by atoms with van der Waals surface area (Å²) in [6.45, 7) is 0.713. The molecule has 0 N–H and O–H groups in total. The van der Waals surface area contributed by atoms with Crippen LogP contribution >= 0.6 is 0 Å². The summed E-state index contributed by atoms with van der Waals surface area (Å²) in [6.07, 6.45) is 2.97. The van der Waals surface area contributed by atoms with Crippen LogP contribution in [0.15, 0.2) is 22.6 Å². The third-order valence-electron chi connectivity index (χ3n) is 3.92. The van der Waals surface area contributed by atoms with Gasteiger partial charge in [-0.25, -0.2) is 9.78 Å². The maximum absolute atomic E-state index is 11.8. The van der Waals surface area contributed by atoms with Crippen molar-refractivity contribution in [2.24, 2.45) is 0 Å².